The zero-order chi connectivity index (χ0) is 32.4. The molecule has 44 heavy (non-hydrogen) atoms. The molecule has 0 radical (unpaired) electrons. The van der Waals surface area contributed by atoms with Gasteiger partial charge in [0.15, 0.2) is 6.20 Å². The average molecular weight is 736 g/mol. The number of nitrogens with zero attached hydrogens (tertiary/aromatic N) is 1. The molecule has 0 amide bonds. The van der Waals surface area contributed by atoms with E-state index in [1.165, 1.54) is 59.8 Å². The third-order valence-electron chi connectivity index (χ3n) is 7.48. The van der Waals surface area contributed by atoms with Gasteiger partial charge >= 0.3 is 36.4 Å². The van der Waals surface area contributed by atoms with Crippen LogP contribution in [0.3, 0.4) is 0 Å². The molecule has 0 fully saturated rings. The molecule has 1 aliphatic heterocycles. The number of pyridine rings is 1. The minimum absolute atomic E-state index is 0.124. The third kappa shape index (κ3) is 7.63. The van der Waals surface area contributed by atoms with Crippen LogP contribution >= 0.6 is 11.8 Å². The molecule has 1 aliphatic rings. The number of para-hydroxylation sites is 2. The first-order valence-electron chi connectivity index (χ1n) is 14.1. The van der Waals surface area contributed by atoms with Crippen LogP contribution in [0.4, 0.5) is 16.9 Å². The van der Waals surface area contributed by atoms with E-state index in [0.29, 0.717) is 0 Å². The molecule has 5 aromatic rings. The first-order chi connectivity index (χ1) is 20.1. The molecule has 0 aliphatic carbocycles. The summed E-state index contributed by atoms with van der Waals surface area (Å²) in [4.78, 5) is 2.60. The van der Waals surface area contributed by atoms with Crippen LogP contribution in [0.15, 0.2) is 107 Å². The van der Waals surface area contributed by atoms with Gasteiger partial charge in [-0.1, -0.05) is 120 Å². The number of hydrogen-bond donors (Lipinski definition) is 0. The Labute approximate surface area is 260 Å². The van der Waals surface area contributed by atoms with Crippen LogP contribution in [0, 0.1) is 0 Å². The summed E-state index contributed by atoms with van der Waals surface area (Å²) in [5.41, 5.74) is 10.6. The molecule has 9 heteroatoms. The molecule has 0 saturated heterocycles. The van der Waals surface area contributed by atoms with E-state index >= 15 is 0 Å². The normalized spacial score (nSPS) is 14.6. The molecule has 0 atom stereocenters. The van der Waals surface area contributed by atoms with E-state index in [9.17, 15) is 16.9 Å². The van der Waals surface area contributed by atoms with Crippen LogP contribution in [0.1, 0.15) is 52.7 Å². The van der Waals surface area contributed by atoms with E-state index in [4.69, 9.17) is 0 Å². The van der Waals surface area contributed by atoms with Crippen LogP contribution in [0.25, 0.3) is 38.8 Å². The van der Waals surface area contributed by atoms with Crippen molar-refractivity contribution in [3.05, 3.63) is 108 Å². The van der Waals surface area contributed by atoms with Crippen molar-refractivity contribution in [2.75, 3.05) is 0 Å². The van der Waals surface area contributed by atoms with Crippen molar-refractivity contribution in [2.45, 2.75) is 62.2 Å². The van der Waals surface area contributed by atoms with E-state index in [1.807, 2.05) is 11.8 Å². The SMILES string of the molecule is CC(C)(C)c1ccc(-c2c[n+]3c4c(cccc4c2-c2ccc(C(C)(C)C)cc2)Sc2ccccc2-3)cc1.[F][Sb-]([F])([F])([F])([F])[F]. The molecule has 1 aromatic heterocycles. The van der Waals surface area contributed by atoms with E-state index in [0.717, 1.165) is 0 Å². The Morgan fingerprint density at radius 1 is 0.568 bits per heavy atom. The van der Waals surface area contributed by atoms with E-state index in [2.05, 4.69) is 143 Å². The second kappa shape index (κ2) is 10.3. The van der Waals surface area contributed by atoms with Crippen molar-refractivity contribution >= 4 is 42.1 Å². The van der Waals surface area contributed by atoms with Crippen molar-refractivity contribution in [3.63, 3.8) is 0 Å². The van der Waals surface area contributed by atoms with Crippen molar-refractivity contribution in [2.24, 2.45) is 0 Å². The molecule has 1 nitrogen and oxygen atoms in total. The van der Waals surface area contributed by atoms with Crippen molar-refractivity contribution in [1.82, 2.24) is 0 Å². The van der Waals surface area contributed by atoms with E-state index < -0.39 is 19.5 Å². The predicted molar refractivity (Wildman–Crippen MR) is 170 cm³/mol. The first kappa shape index (κ1) is 32.4. The van der Waals surface area contributed by atoms with E-state index in [1.54, 1.807) is 0 Å². The quantitative estimate of drug-likeness (QED) is 0.0973. The monoisotopic (exact) mass is 735 g/mol. The molecule has 0 spiro atoms. The van der Waals surface area contributed by atoms with Gasteiger partial charge in [0, 0.05) is 11.6 Å². The van der Waals surface area contributed by atoms with Gasteiger partial charge in [0.2, 0.25) is 11.2 Å². The fourth-order valence-electron chi connectivity index (χ4n) is 5.33. The second-order valence-electron chi connectivity index (χ2n) is 13.1. The third-order valence-corrected chi connectivity index (χ3v) is 8.60. The molecular weight excluding hydrogens is 702 g/mol. The summed E-state index contributed by atoms with van der Waals surface area (Å²) in [6, 6.07) is 33.9. The zero-order valence-corrected chi connectivity index (χ0v) is 28.7. The van der Waals surface area contributed by atoms with Crippen LogP contribution in [0.5, 0.6) is 0 Å². The van der Waals surface area contributed by atoms with Gasteiger partial charge in [0.1, 0.15) is 0 Å². The maximum absolute atomic E-state index is 11.2. The Morgan fingerprint density at radius 3 is 1.57 bits per heavy atom. The van der Waals surface area contributed by atoms with Gasteiger partial charge in [0.25, 0.3) is 0 Å². The fraction of sp³-hybridized carbons (Fsp3) is 0.229. The summed E-state index contributed by atoms with van der Waals surface area (Å²) < 4.78 is 62.0. The fourth-order valence-corrected chi connectivity index (χ4v) is 6.43. The van der Waals surface area contributed by atoms with Crippen LogP contribution in [-0.4, -0.2) is 19.5 Å². The summed E-state index contributed by atoms with van der Waals surface area (Å²) in [5, 5.41) is 1.29. The summed E-state index contributed by atoms with van der Waals surface area (Å²) in [6.07, 6.45) is 2.36. The predicted octanol–water partition coefficient (Wildman–Crippen LogP) is 11.7. The van der Waals surface area contributed by atoms with E-state index in [-0.39, 0.29) is 10.8 Å². The molecule has 0 N–H and O–H groups in total. The Hall–Kier alpha value is -2.96. The number of halogens is 6. The van der Waals surface area contributed by atoms with Gasteiger partial charge in [0.05, 0.1) is 20.7 Å². The summed E-state index contributed by atoms with van der Waals surface area (Å²) in [7, 11) is 0. The minimum atomic E-state index is -11.2. The zero-order valence-electron chi connectivity index (χ0n) is 25.3. The standard InChI is InChI=1S/C35H34NS.6FH.Sb/c1-34(2,3)25-18-14-23(15-19-25)28-22-36-29-11-7-8-12-30(29)37-31-13-9-10-27(33(31)36)32(28)24-16-20-26(21-17-24)35(4,5)6;;;;;;;/h7-22H,1-6H3;6*1H;/q+1;;;;;;;+5/p-6. The van der Waals surface area contributed by atoms with Crippen LogP contribution in [0.2, 0.25) is 0 Å². The van der Waals surface area contributed by atoms with Crippen molar-refractivity contribution in [3.8, 4) is 27.9 Å². The van der Waals surface area contributed by atoms with Crippen molar-refractivity contribution < 1.29 is 21.4 Å². The van der Waals surface area contributed by atoms with Crippen LogP contribution in [-0.2, 0) is 10.8 Å². The molecule has 232 valence electrons. The summed E-state index contributed by atoms with van der Waals surface area (Å²) >= 11 is -9.38. The molecule has 4 aromatic carbocycles. The van der Waals surface area contributed by atoms with Gasteiger partial charge in [-0.2, -0.15) is 4.57 Å². The van der Waals surface area contributed by atoms with Gasteiger partial charge in [-0.3, -0.25) is 0 Å². The topological polar surface area (TPSA) is 3.88 Å². The number of fused-ring (bicyclic) bond motifs is 2. The molecule has 6 rings (SSSR count). The second-order valence-corrected chi connectivity index (χ2v) is 19.7. The molecule has 0 saturated carbocycles. The summed E-state index contributed by atoms with van der Waals surface area (Å²) in [6.45, 7) is 13.6. The molecule has 0 unspecified atom stereocenters. The Balaban J connectivity index is 0.000000493. The molecular formula is C35H34F6NSSb. The van der Waals surface area contributed by atoms with Gasteiger partial charge in [-0.25, -0.2) is 0 Å². The van der Waals surface area contributed by atoms with Gasteiger partial charge < -0.3 is 0 Å². The van der Waals surface area contributed by atoms with Gasteiger partial charge in [-0.15, -0.1) is 0 Å². The Morgan fingerprint density at radius 2 is 1.05 bits per heavy atom. The van der Waals surface area contributed by atoms with Crippen LogP contribution < -0.4 is 4.57 Å². The number of rotatable bonds is 2. The first-order valence-corrected chi connectivity index (χ1v) is 20.7. The van der Waals surface area contributed by atoms with Gasteiger partial charge in [-0.05, 0) is 51.3 Å². The number of hydrogen-bond acceptors (Lipinski definition) is 1. The Bertz CT molecular complexity index is 1860. The van der Waals surface area contributed by atoms with Crippen molar-refractivity contribution in [1.29, 1.82) is 0 Å². The number of benzene rings is 4. The summed E-state index contributed by atoms with van der Waals surface area (Å²) in [5.74, 6) is 0. The molecule has 2 heterocycles. The molecule has 0 bridgehead atoms. The Kier molecular flexibility index (Phi) is 7.58. The number of aromatic nitrogens is 1. The maximum atomic E-state index is 9.93. The average Bonchev–Trinajstić information content (AvgIpc) is 2.90.